The summed E-state index contributed by atoms with van der Waals surface area (Å²) in [6.45, 7) is 7.16. The quantitative estimate of drug-likeness (QED) is 0.837. The van der Waals surface area contributed by atoms with Gasteiger partial charge in [0.05, 0.1) is 0 Å². The number of benzene rings is 1. The second kappa shape index (κ2) is 7.06. The normalized spacial score (nSPS) is 13.5. The van der Waals surface area contributed by atoms with E-state index in [0.717, 1.165) is 13.0 Å². The summed E-state index contributed by atoms with van der Waals surface area (Å²) in [6, 6.07) is 6.68. The predicted octanol–water partition coefficient (Wildman–Crippen LogP) is 2.78. The van der Waals surface area contributed by atoms with Crippen molar-refractivity contribution >= 4 is 9.84 Å². The molecule has 1 atom stereocenters. The summed E-state index contributed by atoms with van der Waals surface area (Å²) in [4.78, 5) is 0. The lowest BCUT2D eigenvalue weighted by Crippen LogP contribution is -2.22. The molecule has 0 bridgehead atoms. The highest BCUT2D eigenvalue weighted by Crippen LogP contribution is 2.23. The maximum absolute atomic E-state index is 11.2. The van der Waals surface area contributed by atoms with Crippen LogP contribution in [0.5, 0.6) is 0 Å². The van der Waals surface area contributed by atoms with Crippen LogP contribution >= 0.6 is 0 Å². The minimum atomic E-state index is -2.86. The molecule has 0 radical (unpaired) electrons. The van der Waals surface area contributed by atoms with Gasteiger partial charge >= 0.3 is 0 Å². The van der Waals surface area contributed by atoms with Crippen LogP contribution in [0.3, 0.4) is 0 Å². The fraction of sp³-hybridized carbons (Fsp3) is 0.600. The van der Waals surface area contributed by atoms with Crippen LogP contribution < -0.4 is 5.32 Å². The Balaban J connectivity index is 2.79. The SMILES string of the molecule is CCNC(CCCS(C)(=O)=O)c1cc(C)ccc1C. The molecule has 0 aromatic heterocycles. The van der Waals surface area contributed by atoms with E-state index >= 15 is 0 Å². The van der Waals surface area contributed by atoms with Gasteiger partial charge in [-0.25, -0.2) is 8.42 Å². The molecule has 0 fully saturated rings. The first kappa shape index (κ1) is 16.2. The topological polar surface area (TPSA) is 46.2 Å². The van der Waals surface area contributed by atoms with E-state index in [1.165, 1.54) is 22.9 Å². The molecule has 0 aliphatic carbocycles. The number of sulfone groups is 1. The zero-order valence-corrected chi connectivity index (χ0v) is 13.2. The highest BCUT2D eigenvalue weighted by molar-refractivity contribution is 7.90. The van der Waals surface area contributed by atoms with Crippen LogP contribution in [0.25, 0.3) is 0 Å². The lowest BCUT2D eigenvalue weighted by Gasteiger charge is -2.21. The second-order valence-corrected chi connectivity index (χ2v) is 7.50. The Hall–Kier alpha value is -0.870. The molecule has 108 valence electrons. The van der Waals surface area contributed by atoms with Crippen LogP contribution in [0.4, 0.5) is 0 Å². The first-order valence-electron chi connectivity index (χ1n) is 6.81. The molecular weight excluding hydrogens is 258 g/mol. The minimum Gasteiger partial charge on any atom is -0.310 e. The van der Waals surface area contributed by atoms with Crippen LogP contribution in [0.15, 0.2) is 18.2 Å². The maximum Gasteiger partial charge on any atom is 0.147 e. The van der Waals surface area contributed by atoms with Crippen LogP contribution in [-0.2, 0) is 9.84 Å². The molecule has 1 aromatic rings. The standard InChI is InChI=1S/C15H25NO2S/c1-5-16-15(7-6-10-19(4,17)18)14-11-12(2)8-9-13(14)3/h8-9,11,15-16H,5-7,10H2,1-4H3. The summed E-state index contributed by atoms with van der Waals surface area (Å²) in [5, 5.41) is 3.46. The van der Waals surface area contributed by atoms with E-state index in [4.69, 9.17) is 0 Å². The lowest BCUT2D eigenvalue weighted by molar-refractivity contribution is 0.505. The minimum absolute atomic E-state index is 0.242. The molecule has 0 amide bonds. The Labute approximate surface area is 117 Å². The monoisotopic (exact) mass is 283 g/mol. The smallest absolute Gasteiger partial charge is 0.147 e. The van der Waals surface area contributed by atoms with Gasteiger partial charge in [-0.05, 0) is 44.4 Å². The van der Waals surface area contributed by atoms with Crippen molar-refractivity contribution in [1.29, 1.82) is 0 Å². The van der Waals surface area contributed by atoms with Crippen LogP contribution in [-0.4, -0.2) is 27.0 Å². The summed E-state index contributed by atoms with van der Waals surface area (Å²) in [5.74, 6) is 0.264. The molecule has 0 aliphatic heterocycles. The lowest BCUT2D eigenvalue weighted by atomic mass is 9.96. The zero-order chi connectivity index (χ0) is 14.5. The van der Waals surface area contributed by atoms with Crippen molar-refractivity contribution in [2.45, 2.75) is 39.7 Å². The van der Waals surface area contributed by atoms with Gasteiger partial charge in [0.25, 0.3) is 0 Å². The van der Waals surface area contributed by atoms with Crippen molar-refractivity contribution in [3.8, 4) is 0 Å². The summed E-state index contributed by atoms with van der Waals surface area (Å²) in [7, 11) is -2.86. The molecule has 0 aliphatic rings. The van der Waals surface area contributed by atoms with Crippen molar-refractivity contribution < 1.29 is 8.42 Å². The highest BCUT2D eigenvalue weighted by atomic mass is 32.2. The fourth-order valence-corrected chi connectivity index (χ4v) is 2.99. The van der Waals surface area contributed by atoms with Gasteiger partial charge < -0.3 is 5.32 Å². The van der Waals surface area contributed by atoms with Crippen LogP contribution in [0.1, 0.15) is 42.5 Å². The number of hydrogen-bond acceptors (Lipinski definition) is 3. The number of nitrogens with one attached hydrogen (secondary N) is 1. The number of aryl methyl sites for hydroxylation is 2. The molecule has 1 N–H and O–H groups in total. The van der Waals surface area contributed by atoms with Crippen molar-refractivity contribution in [2.24, 2.45) is 0 Å². The van der Waals surface area contributed by atoms with Gasteiger partial charge in [0, 0.05) is 18.1 Å². The van der Waals surface area contributed by atoms with Gasteiger partial charge in [-0.1, -0.05) is 30.7 Å². The number of hydrogen-bond donors (Lipinski definition) is 1. The Morgan fingerprint density at radius 2 is 1.95 bits per heavy atom. The molecule has 19 heavy (non-hydrogen) atoms. The Morgan fingerprint density at radius 1 is 1.26 bits per heavy atom. The van der Waals surface area contributed by atoms with Gasteiger partial charge in [-0.3, -0.25) is 0 Å². The first-order valence-corrected chi connectivity index (χ1v) is 8.88. The van der Waals surface area contributed by atoms with E-state index in [2.05, 4.69) is 44.3 Å². The molecule has 0 saturated heterocycles. The predicted molar refractivity (Wildman–Crippen MR) is 81.3 cm³/mol. The molecular formula is C15H25NO2S. The molecule has 3 nitrogen and oxygen atoms in total. The van der Waals surface area contributed by atoms with E-state index in [-0.39, 0.29) is 11.8 Å². The summed E-state index contributed by atoms with van der Waals surface area (Å²) in [5.41, 5.74) is 3.79. The number of rotatable bonds is 7. The third kappa shape index (κ3) is 5.74. The van der Waals surface area contributed by atoms with E-state index in [0.29, 0.717) is 6.42 Å². The van der Waals surface area contributed by atoms with E-state index < -0.39 is 9.84 Å². The Bertz CT molecular complexity index is 509. The molecule has 0 heterocycles. The molecule has 1 rings (SSSR count). The maximum atomic E-state index is 11.2. The van der Waals surface area contributed by atoms with Gasteiger partial charge in [-0.15, -0.1) is 0 Å². The summed E-state index contributed by atoms with van der Waals surface area (Å²) >= 11 is 0. The summed E-state index contributed by atoms with van der Waals surface area (Å²) < 4.78 is 22.4. The van der Waals surface area contributed by atoms with Crippen LogP contribution in [0.2, 0.25) is 0 Å². The van der Waals surface area contributed by atoms with Crippen molar-refractivity contribution in [3.05, 3.63) is 34.9 Å². The van der Waals surface area contributed by atoms with E-state index in [9.17, 15) is 8.42 Å². The van der Waals surface area contributed by atoms with E-state index in [1.54, 1.807) is 0 Å². The average Bonchev–Trinajstić information content (AvgIpc) is 2.30. The molecule has 4 heteroatoms. The third-order valence-corrected chi connectivity index (χ3v) is 4.30. The van der Waals surface area contributed by atoms with Gasteiger partial charge in [0.2, 0.25) is 0 Å². The van der Waals surface area contributed by atoms with Crippen molar-refractivity contribution in [2.75, 3.05) is 18.6 Å². The van der Waals surface area contributed by atoms with Gasteiger partial charge in [0.15, 0.2) is 0 Å². The van der Waals surface area contributed by atoms with E-state index in [1.807, 2.05) is 0 Å². The third-order valence-electron chi connectivity index (χ3n) is 3.27. The molecule has 0 saturated carbocycles. The Kier molecular flexibility index (Phi) is 6.01. The first-order chi connectivity index (χ1) is 8.83. The molecule has 1 aromatic carbocycles. The molecule has 1 unspecified atom stereocenters. The fourth-order valence-electron chi connectivity index (χ4n) is 2.30. The second-order valence-electron chi connectivity index (χ2n) is 5.24. The van der Waals surface area contributed by atoms with Gasteiger partial charge in [0.1, 0.15) is 9.84 Å². The average molecular weight is 283 g/mol. The highest BCUT2D eigenvalue weighted by Gasteiger charge is 2.14. The Morgan fingerprint density at radius 3 is 2.53 bits per heavy atom. The molecule has 0 spiro atoms. The van der Waals surface area contributed by atoms with Gasteiger partial charge in [-0.2, -0.15) is 0 Å². The van der Waals surface area contributed by atoms with Crippen LogP contribution in [0, 0.1) is 13.8 Å². The van der Waals surface area contributed by atoms with Crippen molar-refractivity contribution in [1.82, 2.24) is 5.32 Å². The van der Waals surface area contributed by atoms with Crippen molar-refractivity contribution in [3.63, 3.8) is 0 Å². The largest absolute Gasteiger partial charge is 0.310 e. The zero-order valence-electron chi connectivity index (χ0n) is 12.4. The summed E-state index contributed by atoms with van der Waals surface area (Å²) in [6.07, 6.45) is 2.85.